The van der Waals surface area contributed by atoms with Crippen molar-refractivity contribution in [1.29, 1.82) is 0 Å². The number of hydrogen-bond donors (Lipinski definition) is 2. The van der Waals surface area contributed by atoms with E-state index in [-0.39, 0.29) is 24.8 Å². The normalized spacial score (nSPS) is 16.1. The first-order chi connectivity index (χ1) is 8.20. The van der Waals surface area contributed by atoms with Crippen LogP contribution in [0, 0.1) is 0 Å². The number of nitrogens with two attached hydrogens (primary N) is 1. The van der Waals surface area contributed by atoms with Crippen molar-refractivity contribution < 1.29 is 18.8 Å². The van der Waals surface area contributed by atoms with Crippen LogP contribution in [0.3, 0.4) is 0 Å². The average molecular weight is 240 g/mol. The number of amides is 2. The number of nitrogens with one attached hydrogen (secondary N) is 1. The summed E-state index contributed by atoms with van der Waals surface area (Å²) in [5, 5.41) is 3.54. The lowest BCUT2D eigenvalue weighted by molar-refractivity contribution is -0.143. The second kappa shape index (κ2) is 4.93. The number of nitrogens with zero attached hydrogens (tertiary/aromatic N) is 2. The van der Waals surface area contributed by atoms with Crippen molar-refractivity contribution in [3.8, 4) is 0 Å². The standard InChI is InChI=1S/C9H12N4O4/c10-11-9(15)7-3-6(17-12-7)4-13-1-2-16-5-8(13)14/h3H,1-2,4-5,10H2,(H,11,15). The van der Waals surface area contributed by atoms with Gasteiger partial charge >= 0.3 is 0 Å². The van der Waals surface area contributed by atoms with Gasteiger partial charge in [0.2, 0.25) is 5.91 Å². The molecule has 17 heavy (non-hydrogen) atoms. The minimum Gasteiger partial charge on any atom is -0.370 e. The number of carbonyl (C=O) groups excluding carboxylic acids is 2. The molecule has 0 unspecified atom stereocenters. The Bertz CT molecular complexity index is 430. The van der Waals surface area contributed by atoms with E-state index in [0.717, 1.165) is 0 Å². The number of rotatable bonds is 3. The summed E-state index contributed by atoms with van der Waals surface area (Å²) in [6.07, 6.45) is 0. The fraction of sp³-hybridized carbons (Fsp3) is 0.444. The first kappa shape index (κ1) is 11.6. The van der Waals surface area contributed by atoms with Crippen molar-refractivity contribution in [2.24, 2.45) is 5.84 Å². The third kappa shape index (κ3) is 2.60. The van der Waals surface area contributed by atoms with Crippen LogP contribution in [0.15, 0.2) is 10.6 Å². The van der Waals surface area contributed by atoms with Crippen molar-refractivity contribution in [2.45, 2.75) is 6.54 Å². The molecule has 0 atom stereocenters. The van der Waals surface area contributed by atoms with Gasteiger partial charge in [0.1, 0.15) is 6.61 Å². The molecule has 0 radical (unpaired) electrons. The Hall–Kier alpha value is -1.93. The lowest BCUT2D eigenvalue weighted by Crippen LogP contribution is -2.40. The van der Waals surface area contributed by atoms with Crippen LogP contribution in [0.4, 0.5) is 0 Å². The number of hydrazine groups is 1. The molecule has 0 aliphatic carbocycles. The maximum atomic E-state index is 11.4. The molecule has 1 aromatic rings. The molecule has 1 saturated heterocycles. The van der Waals surface area contributed by atoms with Gasteiger partial charge < -0.3 is 14.2 Å². The minimum absolute atomic E-state index is 0.0737. The maximum Gasteiger partial charge on any atom is 0.287 e. The van der Waals surface area contributed by atoms with E-state index >= 15 is 0 Å². The van der Waals surface area contributed by atoms with E-state index in [4.69, 9.17) is 15.1 Å². The van der Waals surface area contributed by atoms with E-state index in [0.29, 0.717) is 18.9 Å². The molecule has 1 aromatic heterocycles. The number of nitrogen functional groups attached to an aromatic ring is 1. The Morgan fingerprint density at radius 1 is 1.65 bits per heavy atom. The molecule has 8 heteroatoms. The molecular weight excluding hydrogens is 228 g/mol. The van der Waals surface area contributed by atoms with Gasteiger partial charge in [-0.15, -0.1) is 0 Å². The zero-order valence-electron chi connectivity index (χ0n) is 9.01. The Labute approximate surface area is 96.6 Å². The Kier molecular flexibility index (Phi) is 3.35. The van der Waals surface area contributed by atoms with Crippen molar-refractivity contribution in [3.63, 3.8) is 0 Å². The molecule has 0 spiro atoms. The summed E-state index contributed by atoms with van der Waals surface area (Å²) in [4.78, 5) is 24.1. The third-order valence-electron chi connectivity index (χ3n) is 2.35. The molecule has 8 nitrogen and oxygen atoms in total. The van der Waals surface area contributed by atoms with E-state index in [1.54, 1.807) is 4.90 Å². The van der Waals surface area contributed by atoms with Gasteiger partial charge in [-0.2, -0.15) is 0 Å². The highest BCUT2D eigenvalue weighted by atomic mass is 16.5. The van der Waals surface area contributed by atoms with Crippen LogP contribution in [-0.2, 0) is 16.1 Å². The number of hydrogen-bond acceptors (Lipinski definition) is 6. The molecule has 0 saturated carbocycles. The second-order valence-corrected chi connectivity index (χ2v) is 3.52. The van der Waals surface area contributed by atoms with Gasteiger partial charge in [0.25, 0.3) is 5.91 Å². The number of aromatic nitrogens is 1. The molecule has 92 valence electrons. The van der Waals surface area contributed by atoms with Crippen molar-refractivity contribution in [1.82, 2.24) is 15.5 Å². The van der Waals surface area contributed by atoms with E-state index < -0.39 is 5.91 Å². The Morgan fingerprint density at radius 3 is 3.18 bits per heavy atom. The zero-order chi connectivity index (χ0) is 12.3. The average Bonchev–Trinajstić information content (AvgIpc) is 2.80. The Morgan fingerprint density at radius 2 is 2.47 bits per heavy atom. The summed E-state index contributed by atoms with van der Waals surface area (Å²) in [6.45, 7) is 1.34. The van der Waals surface area contributed by atoms with E-state index in [9.17, 15) is 9.59 Å². The van der Waals surface area contributed by atoms with Crippen LogP contribution in [0.2, 0.25) is 0 Å². The topological polar surface area (TPSA) is 111 Å². The van der Waals surface area contributed by atoms with Crippen LogP contribution in [0.1, 0.15) is 16.2 Å². The SMILES string of the molecule is NNC(=O)c1cc(CN2CCOCC2=O)on1. The van der Waals surface area contributed by atoms with Gasteiger partial charge in [-0.25, -0.2) is 5.84 Å². The third-order valence-corrected chi connectivity index (χ3v) is 2.35. The molecule has 3 N–H and O–H groups in total. The van der Waals surface area contributed by atoms with Gasteiger partial charge in [-0.1, -0.05) is 5.16 Å². The zero-order valence-corrected chi connectivity index (χ0v) is 9.01. The van der Waals surface area contributed by atoms with Gasteiger partial charge in [-0.05, 0) is 0 Å². The number of carbonyl (C=O) groups is 2. The van der Waals surface area contributed by atoms with E-state index in [2.05, 4.69) is 5.16 Å². The minimum atomic E-state index is -0.534. The maximum absolute atomic E-state index is 11.4. The first-order valence-corrected chi connectivity index (χ1v) is 5.03. The molecule has 0 aromatic carbocycles. The van der Waals surface area contributed by atoms with Gasteiger partial charge in [0, 0.05) is 12.6 Å². The first-order valence-electron chi connectivity index (χ1n) is 5.03. The highest BCUT2D eigenvalue weighted by Crippen LogP contribution is 2.09. The lowest BCUT2D eigenvalue weighted by Gasteiger charge is -2.25. The molecule has 1 fully saturated rings. The summed E-state index contributed by atoms with van der Waals surface area (Å²) in [7, 11) is 0. The van der Waals surface area contributed by atoms with Gasteiger partial charge in [0.05, 0.1) is 13.2 Å². The summed E-state index contributed by atoms with van der Waals surface area (Å²) in [5.74, 6) is 4.74. The van der Waals surface area contributed by atoms with Crippen LogP contribution >= 0.6 is 0 Å². The van der Waals surface area contributed by atoms with Crippen LogP contribution in [-0.4, -0.2) is 41.6 Å². The molecule has 2 heterocycles. The Balaban J connectivity index is 2.01. The van der Waals surface area contributed by atoms with Gasteiger partial charge in [-0.3, -0.25) is 15.0 Å². The van der Waals surface area contributed by atoms with Crippen LogP contribution < -0.4 is 11.3 Å². The van der Waals surface area contributed by atoms with E-state index in [1.807, 2.05) is 5.43 Å². The van der Waals surface area contributed by atoms with Crippen LogP contribution in [0.5, 0.6) is 0 Å². The predicted molar refractivity (Wildman–Crippen MR) is 54.4 cm³/mol. The van der Waals surface area contributed by atoms with Crippen molar-refractivity contribution >= 4 is 11.8 Å². The van der Waals surface area contributed by atoms with E-state index in [1.165, 1.54) is 6.07 Å². The van der Waals surface area contributed by atoms with Crippen LogP contribution in [0.25, 0.3) is 0 Å². The molecular formula is C9H12N4O4. The molecule has 2 rings (SSSR count). The second-order valence-electron chi connectivity index (χ2n) is 3.52. The predicted octanol–water partition coefficient (Wildman–Crippen LogP) is -1.36. The highest BCUT2D eigenvalue weighted by Gasteiger charge is 2.21. The van der Waals surface area contributed by atoms with Crippen molar-refractivity contribution in [2.75, 3.05) is 19.8 Å². The molecule has 1 aliphatic rings. The lowest BCUT2D eigenvalue weighted by atomic mass is 10.3. The quantitative estimate of drug-likeness (QED) is 0.383. The molecule has 2 amide bonds. The fourth-order valence-corrected chi connectivity index (χ4v) is 1.47. The van der Waals surface area contributed by atoms with Gasteiger partial charge in [0.15, 0.2) is 11.5 Å². The smallest absolute Gasteiger partial charge is 0.287 e. The summed E-state index contributed by atoms with van der Waals surface area (Å²) in [5.41, 5.74) is 2.03. The highest BCUT2D eigenvalue weighted by molar-refractivity contribution is 5.91. The summed E-state index contributed by atoms with van der Waals surface area (Å²) in [6, 6.07) is 1.45. The summed E-state index contributed by atoms with van der Waals surface area (Å²) >= 11 is 0. The number of ether oxygens (including phenoxy) is 1. The molecule has 1 aliphatic heterocycles. The molecule has 0 bridgehead atoms. The number of morpholine rings is 1. The monoisotopic (exact) mass is 240 g/mol. The fourth-order valence-electron chi connectivity index (χ4n) is 1.47. The van der Waals surface area contributed by atoms with Crippen molar-refractivity contribution in [3.05, 3.63) is 17.5 Å². The summed E-state index contributed by atoms with van der Waals surface area (Å²) < 4.78 is 9.93. The largest absolute Gasteiger partial charge is 0.370 e.